The van der Waals surface area contributed by atoms with Crippen LogP contribution < -0.4 is 5.32 Å². The van der Waals surface area contributed by atoms with Gasteiger partial charge in [0.1, 0.15) is 18.4 Å². The Balaban J connectivity index is 2.03. The number of carbonyl (C=O) groups excluding carboxylic acids is 1. The standard InChI is InChI=1S/C16H16N2O3/c1-11-10-17-16(21-11)12(2)18-15(20)14-7-5-13(6-8-14)4-3-9-19/h5-8,10,12,19H,9H2,1-2H3,(H,18,20). The second-order valence-corrected chi connectivity index (χ2v) is 4.54. The number of aliphatic hydroxyl groups is 1. The van der Waals surface area contributed by atoms with Crippen molar-refractivity contribution in [1.29, 1.82) is 0 Å². The number of amides is 1. The number of oxazole rings is 1. The highest BCUT2D eigenvalue weighted by atomic mass is 16.4. The molecule has 0 aliphatic heterocycles. The maximum Gasteiger partial charge on any atom is 0.251 e. The zero-order valence-corrected chi connectivity index (χ0v) is 11.9. The normalized spacial score (nSPS) is 11.4. The summed E-state index contributed by atoms with van der Waals surface area (Å²) in [6.07, 6.45) is 1.62. The monoisotopic (exact) mass is 284 g/mol. The third-order valence-corrected chi connectivity index (χ3v) is 2.82. The van der Waals surface area contributed by atoms with Crippen molar-refractivity contribution >= 4 is 5.91 Å². The predicted molar refractivity (Wildman–Crippen MR) is 77.5 cm³/mol. The number of benzene rings is 1. The van der Waals surface area contributed by atoms with Gasteiger partial charge in [-0.3, -0.25) is 4.79 Å². The second kappa shape index (κ2) is 6.73. The van der Waals surface area contributed by atoms with E-state index in [9.17, 15) is 4.79 Å². The number of aromatic nitrogens is 1. The van der Waals surface area contributed by atoms with Crippen LogP contribution in [-0.2, 0) is 0 Å². The van der Waals surface area contributed by atoms with E-state index < -0.39 is 0 Å². The van der Waals surface area contributed by atoms with Gasteiger partial charge in [0, 0.05) is 11.1 Å². The molecule has 1 aromatic heterocycles. The number of hydrogen-bond donors (Lipinski definition) is 2. The van der Waals surface area contributed by atoms with Crippen molar-refractivity contribution < 1.29 is 14.3 Å². The zero-order valence-electron chi connectivity index (χ0n) is 11.9. The van der Waals surface area contributed by atoms with Gasteiger partial charge in [0.25, 0.3) is 5.91 Å². The average Bonchev–Trinajstić information content (AvgIpc) is 2.92. The lowest BCUT2D eigenvalue weighted by Gasteiger charge is -2.10. The molecule has 0 fully saturated rings. The molecule has 0 aliphatic rings. The number of hydrogen-bond acceptors (Lipinski definition) is 4. The van der Waals surface area contributed by atoms with Crippen LogP contribution in [0.4, 0.5) is 0 Å². The summed E-state index contributed by atoms with van der Waals surface area (Å²) in [6, 6.07) is 6.53. The zero-order chi connectivity index (χ0) is 15.2. The molecule has 0 radical (unpaired) electrons. The van der Waals surface area contributed by atoms with Gasteiger partial charge in [-0.25, -0.2) is 4.98 Å². The van der Waals surface area contributed by atoms with E-state index in [1.807, 2.05) is 6.92 Å². The van der Waals surface area contributed by atoms with Crippen molar-refractivity contribution in [3.05, 3.63) is 53.2 Å². The van der Waals surface area contributed by atoms with Crippen molar-refractivity contribution in [1.82, 2.24) is 10.3 Å². The smallest absolute Gasteiger partial charge is 0.251 e. The molecule has 0 aliphatic carbocycles. The molecule has 0 saturated heterocycles. The lowest BCUT2D eigenvalue weighted by atomic mass is 10.1. The summed E-state index contributed by atoms with van der Waals surface area (Å²) in [6.45, 7) is 3.43. The Morgan fingerprint density at radius 1 is 1.43 bits per heavy atom. The molecule has 1 atom stereocenters. The van der Waals surface area contributed by atoms with Gasteiger partial charge in [0.15, 0.2) is 0 Å². The van der Waals surface area contributed by atoms with Crippen molar-refractivity contribution in [2.45, 2.75) is 19.9 Å². The van der Waals surface area contributed by atoms with Crippen molar-refractivity contribution in [3.8, 4) is 11.8 Å². The van der Waals surface area contributed by atoms with E-state index in [1.165, 1.54) is 0 Å². The average molecular weight is 284 g/mol. The molecule has 0 bridgehead atoms. The van der Waals surface area contributed by atoms with Gasteiger partial charge in [0.05, 0.1) is 6.20 Å². The van der Waals surface area contributed by atoms with E-state index in [4.69, 9.17) is 9.52 Å². The van der Waals surface area contributed by atoms with Crippen LogP contribution in [0.2, 0.25) is 0 Å². The van der Waals surface area contributed by atoms with Gasteiger partial charge in [-0.2, -0.15) is 0 Å². The lowest BCUT2D eigenvalue weighted by molar-refractivity contribution is 0.0934. The fraction of sp³-hybridized carbons (Fsp3) is 0.250. The largest absolute Gasteiger partial charge is 0.444 e. The van der Waals surface area contributed by atoms with E-state index in [0.717, 1.165) is 5.56 Å². The summed E-state index contributed by atoms with van der Waals surface area (Å²) in [5, 5.41) is 11.4. The van der Waals surface area contributed by atoms with E-state index in [-0.39, 0.29) is 18.6 Å². The summed E-state index contributed by atoms with van der Waals surface area (Å²) in [5.41, 5.74) is 1.27. The van der Waals surface area contributed by atoms with Crippen molar-refractivity contribution in [3.63, 3.8) is 0 Å². The van der Waals surface area contributed by atoms with Crippen LogP contribution in [-0.4, -0.2) is 22.6 Å². The molecule has 1 unspecified atom stereocenters. The van der Waals surface area contributed by atoms with Gasteiger partial charge in [-0.15, -0.1) is 0 Å². The predicted octanol–water partition coefficient (Wildman–Crippen LogP) is 1.82. The van der Waals surface area contributed by atoms with Gasteiger partial charge in [0.2, 0.25) is 5.89 Å². The number of nitrogens with zero attached hydrogens (tertiary/aromatic N) is 1. The molecule has 5 nitrogen and oxygen atoms in total. The number of carbonyl (C=O) groups is 1. The molecule has 2 rings (SSSR count). The molecule has 1 amide bonds. The van der Waals surface area contributed by atoms with Gasteiger partial charge < -0.3 is 14.8 Å². The Bertz CT molecular complexity index is 678. The Morgan fingerprint density at radius 2 is 2.14 bits per heavy atom. The number of aryl methyl sites for hydroxylation is 1. The van der Waals surface area contributed by atoms with E-state index in [1.54, 1.807) is 37.4 Å². The third kappa shape index (κ3) is 3.94. The minimum absolute atomic E-state index is 0.185. The first-order chi connectivity index (χ1) is 10.1. The van der Waals surface area contributed by atoms with Gasteiger partial charge in [-0.1, -0.05) is 11.8 Å². The van der Waals surface area contributed by atoms with Crippen molar-refractivity contribution in [2.24, 2.45) is 0 Å². The highest BCUT2D eigenvalue weighted by Crippen LogP contribution is 2.13. The Hall–Kier alpha value is -2.58. The van der Waals surface area contributed by atoms with Crippen LogP contribution in [0.25, 0.3) is 0 Å². The van der Waals surface area contributed by atoms with Crippen LogP contribution in [0, 0.1) is 18.8 Å². The Morgan fingerprint density at radius 3 is 2.71 bits per heavy atom. The van der Waals surface area contributed by atoms with Crippen LogP contribution in [0.1, 0.15) is 40.5 Å². The first-order valence-corrected chi connectivity index (χ1v) is 6.53. The number of nitrogens with one attached hydrogen (secondary N) is 1. The summed E-state index contributed by atoms with van der Waals surface area (Å²) in [7, 11) is 0. The molecule has 1 heterocycles. The Labute approximate surface area is 123 Å². The SMILES string of the molecule is Cc1cnc(C(C)NC(=O)c2ccc(C#CCO)cc2)o1. The number of rotatable bonds is 3. The summed E-state index contributed by atoms with van der Waals surface area (Å²) in [5.74, 6) is 6.30. The fourth-order valence-electron chi connectivity index (χ4n) is 1.76. The van der Waals surface area contributed by atoms with Gasteiger partial charge >= 0.3 is 0 Å². The molecular weight excluding hydrogens is 268 g/mol. The summed E-state index contributed by atoms with van der Waals surface area (Å²) in [4.78, 5) is 16.2. The molecule has 5 heteroatoms. The fourth-order valence-corrected chi connectivity index (χ4v) is 1.76. The minimum Gasteiger partial charge on any atom is -0.444 e. The molecule has 1 aromatic carbocycles. The molecule has 0 saturated carbocycles. The first-order valence-electron chi connectivity index (χ1n) is 6.53. The molecule has 2 aromatic rings. The van der Waals surface area contributed by atoms with Crippen LogP contribution in [0.3, 0.4) is 0 Å². The third-order valence-electron chi connectivity index (χ3n) is 2.82. The highest BCUT2D eigenvalue weighted by molar-refractivity contribution is 5.94. The molecular formula is C16H16N2O3. The first kappa shape index (κ1) is 14.8. The Kier molecular flexibility index (Phi) is 4.75. The van der Waals surface area contributed by atoms with Crippen LogP contribution in [0.5, 0.6) is 0 Å². The van der Waals surface area contributed by atoms with Crippen LogP contribution in [0.15, 0.2) is 34.9 Å². The summed E-state index contributed by atoms with van der Waals surface area (Å²) < 4.78 is 5.38. The van der Waals surface area contributed by atoms with Crippen molar-refractivity contribution in [2.75, 3.05) is 6.61 Å². The summed E-state index contributed by atoms with van der Waals surface area (Å²) >= 11 is 0. The maximum atomic E-state index is 12.1. The quantitative estimate of drug-likeness (QED) is 0.843. The van der Waals surface area contributed by atoms with E-state index >= 15 is 0 Å². The van der Waals surface area contributed by atoms with Gasteiger partial charge in [-0.05, 0) is 38.1 Å². The lowest BCUT2D eigenvalue weighted by Crippen LogP contribution is -2.26. The highest BCUT2D eigenvalue weighted by Gasteiger charge is 2.15. The number of aliphatic hydroxyl groups excluding tert-OH is 1. The molecule has 21 heavy (non-hydrogen) atoms. The second-order valence-electron chi connectivity index (χ2n) is 4.54. The van der Waals surface area contributed by atoms with E-state index in [2.05, 4.69) is 22.1 Å². The maximum absolute atomic E-state index is 12.1. The minimum atomic E-state index is -0.306. The van der Waals surface area contributed by atoms with E-state index in [0.29, 0.717) is 17.2 Å². The van der Waals surface area contributed by atoms with Crippen LogP contribution >= 0.6 is 0 Å². The molecule has 0 spiro atoms. The topological polar surface area (TPSA) is 75.4 Å². The molecule has 108 valence electrons. The molecule has 2 N–H and O–H groups in total.